The molecule has 1 amide bonds. The molecule has 0 spiro atoms. The number of hydrogen-bond acceptors (Lipinski definition) is 5. The smallest absolute Gasteiger partial charge is 0.254 e. The molecule has 5 rings (SSSR count). The van der Waals surface area contributed by atoms with Crippen molar-refractivity contribution < 1.29 is 4.79 Å². The molecule has 1 saturated carbocycles. The predicted octanol–water partition coefficient (Wildman–Crippen LogP) is 5.29. The van der Waals surface area contributed by atoms with E-state index in [1.165, 1.54) is 43.2 Å². The highest BCUT2D eigenvalue weighted by atomic mass is 16.2. The summed E-state index contributed by atoms with van der Waals surface area (Å²) < 4.78 is 0. The number of aromatic amines is 2. The molecular formula is C32H41N7O. The molecule has 1 aliphatic carbocycles. The minimum absolute atomic E-state index is 0.0437. The van der Waals surface area contributed by atoms with Crippen LogP contribution in [-0.2, 0) is 26.2 Å². The van der Waals surface area contributed by atoms with Gasteiger partial charge in [-0.15, -0.1) is 0 Å². The lowest BCUT2D eigenvalue weighted by Crippen LogP contribution is -2.42. The van der Waals surface area contributed by atoms with Gasteiger partial charge in [-0.1, -0.05) is 49.4 Å². The van der Waals surface area contributed by atoms with E-state index in [2.05, 4.69) is 79.5 Å². The Balaban J connectivity index is 1.11. The summed E-state index contributed by atoms with van der Waals surface area (Å²) in [6.07, 6.45) is 13.0. The van der Waals surface area contributed by atoms with Gasteiger partial charge in [0.25, 0.3) is 5.91 Å². The number of imidazole rings is 2. The zero-order valence-electron chi connectivity index (χ0n) is 23.4. The summed E-state index contributed by atoms with van der Waals surface area (Å²) in [6, 6.07) is 20.0. The van der Waals surface area contributed by atoms with Gasteiger partial charge in [0.15, 0.2) is 0 Å². The molecule has 2 aromatic carbocycles. The van der Waals surface area contributed by atoms with Crippen LogP contribution in [0.15, 0.2) is 79.4 Å². The second-order valence-electron chi connectivity index (χ2n) is 10.8. The van der Waals surface area contributed by atoms with E-state index in [1.54, 1.807) is 29.7 Å². The molecule has 0 unspecified atom stereocenters. The fourth-order valence-electron chi connectivity index (χ4n) is 5.68. The molecule has 3 N–H and O–H groups in total. The van der Waals surface area contributed by atoms with Gasteiger partial charge in [-0.05, 0) is 61.9 Å². The molecule has 1 aliphatic rings. The molecule has 2 aromatic heterocycles. The minimum Gasteiger partial charge on any atom is -0.347 e. The fraction of sp³-hybridized carbons (Fsp3) is 0.406. The molecule has 8 heteroatoms. The van der Waals surface area contributed by atoms with E-state index in [0.29, 0.717) is 30.7 Å². The van der Waals surface area contributed by atoms with Crippen molar-refractivity contribution in [3.8, 4) is 0 Å². The van der Waals surface area contributed by atoms with Gasteiger partial charge in [-0.2, -0.15) is 0 Å². The van der Waals surface area contributed by atoms with Gasteiger partial charge < -0.3 is 20.2 Å². The number of benzene rings is 2. The monoisotopic (exact) mass is 539 g/mol. The number of rotatable bonds is 13. The van der Waals surface area contributed by atoms with E-state index < -0.39 is 0 Å². The van der Waals surface area contributed by atoms with E-state index in [-0.39, 0.29) is 5.91 Å². The Morgan fingerprint density at radius 1 is 0.850 bits per heavy atom. The summed E-state index contributed by atoms with van der Waals surface area (Å²) in [4.78, 5) is 32.6. The number of hydrogen-bond donors (Lipinski definition) is 3. The summed E-state index contributed by atoms with van der Waals surface area (Å²) in [5.41, 5.74) is 3.26. The van der Waals surface area contributed by atoms with Crippen LogP contribution in [0.3, 0.4) is 0 Å². The van der Waals surface area contributed by atoms with Crippen molar-refractivity contribution in [1.82, 2.24) is 35.1 Å². The van der Waals surface area contributed by atoms with E-state index in [1.807, 2.05) is 12.1 Å². The third-order valence-electron chi connectivity index (χ3n) is 7.83. The van der Waals surface area contributed by atoms with Crippen LogP contribution in [-0.4, -0.2) is 54.3 Å². The van der Waals surface area contributed by atoms with E-state index >= 15 is 0 Å². The highest BCUT2D eigenvalue weighted by Crippen LogP contribution is 2.25. The largest absolute Gasteiger partial charge is 0.347 e. The topological polar surface area (TPSA) is 92.9 Å². The Labute approximate surface area is 237 Å². The van der Waals surface area contributed by atoms with Crippen LogP contribution >= 0.6 is 0 Å². The second kappa shape index (κ2) is 14.1. The number of aromatic nitrogens is 4. The number of amides is 1. The summed E-state index contributed by atoms with van der Waals surface area (Å²) in [6.45, 7) is 6.07. The highest BCUT2D eigenvalue weighted by molar-refractivity contribution is 5.94. The molecule has 210 valence electrons. The SMILES string of the molecule is CCCN(Cc1ccccc1)[C@H]1CC[C@H](NCc2ccc(C(=O)N(Cc3ncc[nH]3)Cc3ncc[nH]3)cc2)CC1. The zero-order chi connectivity index (χ0) is 27.6. The van der Waals surface area contributed by atoms with Crippen LogP contribution in [0.25, 0.3) is 0 Å². The summed E-state index contributed by atoms with van der Waals surface area (Å²) >= 11 is 0. The number of H-pyrrole nitrogens is 2. The van der Waals surface area contributed by atoms with Crippen molar-refractivity contribution in [2.75, 3.05) is 6.54 Å². The summed E-state index contributed by atoms with van der Waals surface area (Å²) in [5, 5.41) is 3.77. The lowest BCUT2D eigenvalue weighted by Gasteiger charge is -2.37. The van der Waals surface area contributed by atoms with Crippen molar-refractivity contribution in [3.63, 3.8) is 0 Å². The molecular weight excluding hydrogens is 498 g/mol. The molecule has 4 aromatic rings. The maximum absolute atomic E-state index is 13.4. The molecule has 40 heavy (non-hydrogen) atoms. The van der Waals surface area contributed by atoms with Gasteiger partial charge in [-0.3, -0.25) is 9.69 Å². The quantitative estimate of drug-likeness (QED) is 0.215. The minimum atomic E-state index is -0.0437. The Morgan fingerprint density at radius 3 is 2.08 bits per heavy atom. The van der Waals surface area contributed by atoms with Crippen LogP contribution in [0.4, 0.5) is 0 Å². The lowest BCUT2D eigenvalue weighted by molar-refractivity contribution is 0.0721. The van der Waals surface area contributed by atoms with Crippen LogP contribution in [0.5, 0.6) is 0 Å². The first-order valence-corrected chi connectivity index (χ1v) is 14.5. The van der Waals surface area contributed by atoms with Gasteiger partial charge in [0.05, 0.1) is 13.1 Å². The van der Waals surface area contributed by atoms with Crippen molar-refractivity contribution in [2.45, 2.75) is 77.3 Å². The van der Waals surface area contributed by atoms with Gasteiger partial charge in [-0.25, -0.2) is 9.97 Å². The molecule has 1 fully saturated rings. The van der Waals surface area contributed by atoms with E-state index in [4.69, 9.17) is 0 Å². The van der Waals surface area contributed by atoms with Crippen molar-refractivity contribution in [1.29, 1.82) is 0 Å². The number of nitrogens with zero attached hydrogens (tertiary/aromatic N) is 4. The van der Waals surface area contributed by atoms with Crippen molar-refractivity contribution >= 4 is 5.91 Å². The Bertz CT molecular complexity index is 1230. The molecule has 0 bridgehead atoms. The van der Waals surface area contributed by atoms with Crippen LogP contribution < -0.4 is 5.32 Å². The molecule has 8 nitrogen and oxygen atoms in total. The first-order chi connectivity index (χ1) is 19.7. The zero-order valence-corrected chi connectivity index (χ0v) is 23.4. The molecule has 0 atom stereocenters. The summed E-state index contributed by atoms with van der Waals surface area (Å²) in [7, 11) is 0. The summed E-state index contributed by atoms with van der Waals surface area (Å²) in [5.74, 6) is 1.44. The van der Waals surface area contributed by atoms with E-state index in [0.717, 1.165) is 31.3 Å². The van der Waals surface area contributed by atoms with Crippen LogP contribution in [0.2, 0.25) is 0 Å². The molecule has 0 aliphatic heterocycles. The Morgan fingerprint density at radius 2 is 1.50 bits per heavy atom. The first-order valence-electron chi connectivity index (χ1n) is 14.5. The van der Waals surface area contributed by atoms with Crippen molar-refractivity contribution in [2.24, 2.45) is 0 Å². The third kappa shape index (κ3) is 7.67. The Kier molecular flexibility index (Phi) is 9.77. The number of carbonyl (C=O) groups is 1. The maximum Gasteiger partial charge on any atom is 0.254 e. The number of nitrogens with one attached hydrogen (secondary N) is 3. The lowest BCUT2D eigenvalue weighted by atomic mass is 9.89. The average molecular weight is 540 g/mol. The number of carbonyl (C=O) groups excluding carboxylic acids is 1. The van der Waals surface area contributed by atoms with Crippen LogP contribution in [0, 0.1) is 0 Å². The van der Waals surface area contributed by atoms with Crippen LogP contribution in [0.1, 0.15) is 72.2 Å². The molecule has 2 heterocycles. The molecule has 0 radical (unpaired) electrons. The first kappa shape index (κ1) is 27.8. The average Bonchev–Trinajstić information content (AvgIpc) is 3.71. The van der Waals surface area contributed by atoms with Crippen molar-refractivity contribution in [3.05, 3.63) is 108 Å². The predicted molar refractivity (Wildman–Crippen MR) is 157 cm³/mol. The highest BCUT2D eigenvalue weighted by Gasteiger charge is 2.25. The molecule has 0 saturated heterocycles. The normalized spacial score (nSPS) is 17.2. The van der Waals surface area contributed by atoms with E-state index in [9.17, 15) is 4.79 Å². The fourth-order valence-corrected chi connectivity index (χ4v) is 5.68. The van der Waals surface area contributed by atoms with Gasteiger partial charge in [0, 0.05) is 55.5 Å². The van der Waals surface area contributed by atoms with Gasteiger partial charge >= 0.3 is 0 Å². The third-order valence-corrected chi connectivity index (χ3v) is 7.83. The maximum atomic E-state index is 13.4. The standard InChI is InChI=1S/C32H41N7O/c1-2-20-38(22-26-6-4-3-5-7-26)29-14-12-28(13-15-29)37-21-25-8-10-27(11-9-25)32(40)39(23-30-33-16-17-34-30)24-31-35-18-19-36-31/h3-11,16-19,28-29,37H,2,12-15,20-24H2,1H3,(H,33,34)(H,35,36)/t28-,29-. The second-order valence-corrected chi connectivity index (χ2v) is 10.8. The van der Waals surface area contributed by atoms with Gasteiger partial charge in [0.1, 0.15) is 11.6 Å². The Hall–Kier alpha value is -3.75. The van der Waals surface area contributed by atoms with Gasteiger partial charge in [0.2, 0.25) is 0 Å².